The SMILES string of the molecule is CNCc1nc2cc(C(C)C)ccc2o1. The van der Waals surface area contributed by atoms with Gasteiger partial charge < -0.3 is 9.73 Å². The van der Waals surface area contributed by atoms with Crippen molar-refractivity contribution in [2.45, 2.75) is 26.3 Å². The van der Waals surface area contributed by atoms with Gasteiger partial charge in [0.25, 0.3) is 0 Å². The molecule has 0 saturated heterocycles. The average molecular weight is 204 g/mol. The van der Waals surface area contributed by atoms with Crippen LogP contribution in [0, 0.1) is 0 Å². The van der Waals surface area contributed by atoms with E-state index in [2.05, 4.69) is 36.3 Å². The Bertz CT molecular complexity index is 460. The van der Waals surface area contributed by atoms with Crippen LogP contribution in [-0.2, 0) is 6.54 Å². The molecule has 1 aromatic carbocycles. The fraction of sp³-hybridized carbons (Fsp3) is 0.417. The van der Waals surface area contributed by atoms with Crippen LogP contribution in [0.5, 0.6) is 0 Å². The van der Waals surface area contributed by atoms with Gasteiger partial charge in [-0.15, -0.1) is 0 Å². The van der Waals surface area contributed by atoms with Gasteiger partial charge in [0.2, 0.25) is 5.89 Å². The number of hydrogen-bond acceptors (Lipinski definition) is 3. The minimum atomic E-state index is 0.527. The summed E-state index contributed by atoms with van der Waals surface area (Å²) in [5, 5.41) is 3.03. The third kappa shape index (κ3) is 2.02. The molecule has 0 aliphatic carbocycles. The predicted molar refractivity (Wildman–Crippen MR) is 60.9 cm³/mol. The number of rotatable bonds is 3. The van der Waals surface area contributed by atoms with Crippen molar-refractivity contribution < 1.29 is 4.42 Å². The minimum absolute atomic E-state index is 0.527. The summed E-state index contributed by atoms with van der Waals surface area (Å²) in [5.41, 5.74) is 3.11. The predicted octanol–water partition coefficient (Wildman–Crippen LogP) is 2.67. The van der Waals surface area contributed by atoms with Gasteiger partial charge in [-0.25, -0.2) is 4.98 Å². The summed E-state index contributed by atoms with van der Waals surface area (Å²) < 4.78 is 5.57. The molecule has 1 heterocycles. The summed E-state index contributed by atoms with van der Waals surface area (Å²) in [6.45, 7) is 5.03. The Morgan fingerprint density at radius 2 is 2.20 bits per heavy atom. The highest BCUT2D eigenvalue weighted by Crippen LogP contribution is 2.21. The van der Waals surface area contributed by atoms with Crippen LogP contribution in [0.4, 0.5) is 0 Å². The quantitative estimate of drug-likeness (QED) is 0.835. The van der Waals surface area contributed by atoms with Gasteiger partial charge in [0.15, 0.2) is 5.58 Å². The highest BCUT2D eigenvalue weighted by molar-refractivity contribution is 5.73. The first-order valence-electron chi connectivity index (χ1n) is 5.24. The summed E-state index contributed by atoms with van der Waals surface area (Å²) in [6.07, 6.45) is 0. The van der Waals surface area contributed by atoms with Crippen LogP contribution in [0.25, 0.3) is 11.1 Å². The van der Waals surface area contributed by atoms with Crippen LogP contribution in [0.3, 0.4) is 0 Å². The third-order valence-corrected chi connectivity index (χ3v) is 2.45. The van der Waals surface area contributed by atoms with E-state index in [1.54, 1.807) is 0 Å². The van der Waals surface area contributed by atoms with Crippen molar-refractivity contribution in [3.63, 3.8) is 0 Å². The number of oxazole rings is 1. The summed E-state index contributed by atoms with van der Waals surface area (Å²) in [4.78, 5) is 4.42. The van der Waals surface area contributed by atoms with E-state index in [0.717, 1.165) is 17.0 Å². The van der Waals surface area contributed by atoms with Crippen molar-refractivity contribution in [1.29, 1.82) is 0 Å². The molecule has 0 amide bonds. The van der Waals surface area contributed by atoms with Crippen molar-refractivity contribution >= 4 is 11.1 Å². The molecule has 0 unspecified atom stereocenters. The highest BCUT2D eigenvalue weighted by atomic mass is 16.3. The third-order valence-electron chi connectivity index (χ3n) is 2.45. The molecule has 0 spiro atoms. The van der Waals surface area contributed by atoms with E-state index in [1.165, 1.54) is 5.56 Å². The molecule has 0 aliphatic rings. The zero-order chi connectivity index (χ0) is 10.8. The second kappa shape index (κ2) is 4.03. The zero-order valence-corrected chi connectivity index (χ0v) is 9.37. The second-order valence-corrected chi connectivity index (χ2v) is 4.02. The van der Waals surface area contributed by atoms with Crippen molar-refractivity contribution in [2.24, 2.45) is 0 Å². The number of aromatic nitrogens is 1. The van der Waals surface area contributed by atoms with E-state index in [4.69, 9.17) is 4.42 Å². The van der Waals surface area contributed by atoms with Crippen LogP contribution >= 0.6 is 0 Å². The first-order valence-corrected chi connectivity index (χ1v) is 5.24. The van der Waals surface area contributed by atoms with Crippen LogP contribution in [0.15, 0.2) is 22.6 Å². The lowest BCUT2D eigenvalue weighted by molar-refractivity contribution is 0.511. The van der Waals surface area contributed by atoms with Crippen LogP contribution < -0.4 is 5.32 Å². The van der Waals surface area contributed by atoms with Gasteiger partial charge in [-0.2, -0.15) is 0 Å². The summed E-state index contributed by atoms with van der Waals surface area (Å²) in [6, 6.07) is 6.20. The van der Waals surface area contributed by atoms with Crippen molar-refractivity contribution in [3.8, 4) is 0 Å². The molecule has 0 saturated carbocycles. The lowest BCUT2D eigenvalue weighted by atomic mass is 10.0. The Balaban J connectivity index is 2.43. The molecule has 0 aliphatic heterocycles. The van der Waals surface area contributed by atoms with Crippen LogP contribution in [-0.4, -0.2) is 12.0 Å². The van der Waals surface area contributed by atoms with Gasteiger partial charge >= 0.3 is 0 Å². The largest absolute Gasteiger partial charge is 0.439 e. The fourth-order valence-electron chi connectivity index (χ4n) is 1.58. The Hall–Kier alpha value is -1.35. The minimum Gasteiger partial charge on any atom is -0.439 e. The molecule has 2 aromatic rings. The molecule has 80 valence electrons. The van der Waals surface area contributed by atoms with E-state index in [1.807, 2.05) is 13.1 Å². The van der Waals surface area contributed by atoms with E-state index < -0.39 is 0 Å². The molecular weight excluding hydrogens is 188 g/mol. The van der Waals surface area contributed by atoms with Crippen molar-refractivity contribution in [3.05, 3.63) is 29.7 Å². The van der Waals surface area contributed by atoms with E-state index >= 15 is 0 Å². The van der Waals surface area contributed by atoms with E-state index in [9.17, 15) is 0 Å². The van der Waals surface area contributed by atoms with E-state index in [-0.39, 0.29) is 0 Å². The van der Waals surface area contributed by atoms with Crippen LogP contribution in [0.1, 0.15) is 31.2 Å². The zero-order valence-electron chi connectivity index (χ0n) is 9.37. The fourth-order valence-corrected chi connectivity index (χ4v) is 1.58. The Morgan fingerprint density at radius 3 is 2.87 bits per heavy atom. The number of hydrogen-bond donors (Lipinski definition) is 1. The number of fused-ring (bicyclic) bond motifs is 1. The van der Waals surface area contributed by atoms with Gasteiger partial charge in [0.05, 0.1) is 6.54 Å². The smallest absolute Gasteiger partial charge is 0.209 e. The second-order valence-electron chi connectivity index (χ2n) is 4.02. The Labute approximate surface area is 89.5 Å². The monoisotopic (exact) mass is 204 g/mol. The van der Waals surface area contributed by atoms with Crippen molar-refractivity contribution in [2.75, 3.05) is 7.05 Å². The molecular formula is C12H16N2O. The Morgan fingerprint density at radius 1 is 1.40 bits per heavy atom. The van der Waals surface area contributed by atoms with Crippen LogP contribution in [0.2, 0.25) is 0 Å². The molecule has 0 bridgehead atoms. The molecule has 0 atom stereocenters. The van der Waals surface area contributed by atoms with Gasteiger partial charge in [-0.1, -0.05) is 19.9 Å². The number of nitrogens with one attached hydrogen (secondary N) is 1. The maximum Gasteiger partial charge on any atom is 0.209 e. The number of benzene rings is 1. The maximum absolute atomic E-state index is 5.57. The molecule has 0 fully saturated rings. The first-order chi connectivity index (χ1) is 7.20. The molecule has 3 heteroatoms. The Kier molecular flexibility index (Phi) is 2.73. The summed E-state index contributed by atoms with van der Waals surface area (Å²) >= 11 is 0. The molecule has 2 rings (SSSR count). The lowest BCUT2D eigenvalue weighted by Gasteiger charge is -2.02. The highest BCUT2D eigenvalue weighted by Gasteiger charge is 2.06. The molecule has 3 nitrogen and oxygen atoms in total. The molecule has 1 N–H and O–H groups in total. The van der Waals surface area contributed by atoms with Gasteiger partial charge in [-0.05, 0) is 30.7 Å². The van der Waals surface area contributed by atoms with Gasteiger partial charge in [0, 0.05) is 0 Å². The molecule has 15 heavy (non-hydrogen) atoms. The summed E-state index contributed by atoms with van der Waals surface area (Å²) in [7, 11) is 1.88. The normalized spacial score (nSPS) is 11.5. The topological polar surface area (TPSA) is 38.1 Å². The standard InChI is InChI=1S/C12H16N2O/c1-8(2)9-4-5-11-10(6-9)14-12(15-11)7-13-3/h4-6,8,13H,7H2,1-3H3. The summed E-state index contributed by atoms with van der Waals surface area (Å²) in [5.74, 6) is 1.27. The molecule has 0 radical (unpaired) electrons. The lowest BCUT2D eigenvalue weighted by Crippen LogP contribution is -2.04. The van der Waals surface area contributed by atoms with E-state index in [0.29, 0.717) is 12.5 Å². The average Bonchev–Trinajstić information content (AvgIpc) is 2.59. The first kappa shape index (κ1) is 10.2. The maximum atomic E-state index is 5.57. The molecule has 1 aromatic heterocycles. The van der Waals surface area contributed by atoms with Gasteiger partial charge in [-0.3, -0.25) is 0 Å². The number of nitrogens with zero attached hydrogens (tertiary/aromatic N) is 1. The van der Waals surface area contributed by atoms with Gasteiger partial charge in [0.1, 0.15) is 5.52 Å². The van der Waals surface area contributed by atoms with Crippen molar-refractivity contribution in [1.82, 2.24) is 10.3 Å².